The second-order valence-corrected chi connectivity index (χ2v) is 5.61. The molecule has 0 radical (unpaired) electrons. The second-order valence-electron chi connectivity index (χ2n) is 4.05. The zero-order valence-corrected chi connectivity index (χ0v) is 10.6. The van der Waals surface area contributed by atoms with Gasteiger partial charge in [0.05, 0.1) is 0 Å². The van der Waals surface area contributed by atoms with Crippen molar-refractivity contribution < 1.29 is 9.00 Å². The largest absolute Gasteiger partial charge is 0.354 e. The number of nitrogens with one attached hydrogen (secondary N) is 1. The van der Waals surface area contributed by atoms with Crippen LogP contribution in [0.2, 0.25) is 0 Å². The Kier molecular flexibility index (Phi) is 7.60. The van der Waals surface area contributed by atoms with Crippen molar-refractivity contribution in [2.45, 2.75) is 45.2 Å². The van der Waals surface area contributed by atoms with Crippen molar-refractivity contribution in [3.05, 3.63) is 0 Å². The van der Waals surface area contributed by atoms with Crippen LogP contribution in [0.15, 0.2) is 0 Å². The molecule has 3 atom stereocenters. The first-order valence-electron chi connectivity index (χ1n) is 5.26. The van der Waals surface area contributed by atoms with Crippen LogP contribution in [0.5, 0.6) is 0 Å². The minimum Gasteiger partial charge on any atom is -0.354 e. The summed E-state index contributed by atoms with van der Waals surface area (Å²) in [6, 6.07) is 0.156. The van der Waals surface area contributed by atoms with Gasteiger partial charge in [-0.1, -0.05) is 0 Å². The number of carbonyl (C=O) groups is 1. The lowest BCUT2D eigenvalue weighted by atomic mass is 10.2. The van der Waals surface area contributed by atoms with Crippen LogP contribution in [0.3, 0.4) is 0 Å². The molecule has 4 nitrogen and oxygen atoms in total. The third-order valence-corrected chi connectivity index (χ3v) is 2.88. The Balaban J connectivity index is 3.62. The zero-order valence-electron chi connectivity index (χ0n) is 9.79. The van der Waals surface area contributed by atoms with E-state index < -0.39 is 10.8 Å². The van der Waals surface area contributed by atoms with E-state index in [0.717, 1.165) is 6.42 Å². The zero-order chi connectivity index (χ0) is 11.8. The smallest absolute Gasteiger partial charge is 0.220 e. The molecule has 0 aliphatic heterocycles. The lowest BCUT2D eigenvalue weighted by molar-refractivity contribution is -0.121. The normalized spacial score (nSPS) is 16.8. The van der Waals surface area contributed by atoms with Gasteiger partial charge >= 0.3 is 0 Å². The molecule has 0 saturated heterocycles. The van der Waals surface area contributed by atoms with E-state index in [0.29, 0.717) is 18.6 Å². The van der Waals surface area contributed by atoms with Crippen molar-refractivity contribution in [2.24, 2.45) is 5.73 Å². The predicted molar refractivity (Wildman–Crippen MR) is 64.0 cm³/mol. The molecule has 1 amide bonds. The molecule has 15 heavy (non-hydrogen) atoms. The van der Waals surface area contributed by atoms with E-state index in [1.165, 1.54) is 0 Å². The number of carbonyl (C=O) groups excluding carboxylic acids is 1. The van der Waals surface area contributed by atoms with Gasteiger partial charge in [0.25, 0.3) is 0 Å². The van der Waals surface area contributed by atoms with E-state index in [-0.39, 0.29) is 18.0 Å². The highest BCUT2D eigenvalue weighted by atomic mass is 32.2. The summed E-state index contributed by atoms with van der Waals surface area (Å²) in [6.07, 6.45) is 3.60. The van der Waals surface area contributed by atoms with Gasteiger partial charge in [0.2, 0.25) is 5.91 Å². The van der Waals surface area contributed by atoms with Gasteiger partial charge in [-0.2, -0.15) is 0 Å². The summed E-state index contributed by atoms with van der Waals surface area (Å²) >= 11 is 0. The van der Waals surface area contributed by atoms with Crippen molar-refractivity contribution >= 4 is 16.7 Å². The maximum atomic E-state index is 11.4. The van der Waals surface area contributed by atoms with Gasteiger partial charge in [-0.25, -0.2) is 0 Å². The minimum atomic E-state index is -0.783. The van der Waals surface area contributed by atoms with Gasteiger partial charge in [-0.05, 0) is 26.7 Å². The van der Waals surface area contributed by atoms with Gasteiger partial charge in [-0.3, -0.25) is 9.00 Å². The molecule has 90 valence electrons. The standard InChI is InChI=1S/C10H22N2O2S/c1-8(11)4-5-10(13)12-9(2)6-7-15(3)14/h8-9H,4-7,11H2,1-3H3,(H,12,13). The summed E-state index contributed by atoms with van der Waals surface area (Å²) in [5.41, 5.74) is 5.55. The molecular weight excluding hydrogens is 212 g/mol. The number of hydrogen-bond acceptors (Lipinski definition) is 3. The number of amides is 1. The summed E-state index contributed by atoms with van der Waals surface area (Å²) in [6.45, 7) is 3.81. The first-order valence-corrected chi connectivity index (χ1v) is 6.99. The van der Waals surface area contributed by atoms with Gasteiger partial charge in [0, 0.05) is 41.3 Å². The van der Waals surface area contributed by atoms with Crippen molar-refractivity contribution in [3.8, 4) is 0 Å². The molecule has 0 spiro atoms. The summed E-state index contributed by atoms with van der Waals surface area (Å²) in [4.78, 5) is 11.4. The van der Waals surface area contributed by atoms with Gasteiger partial charge in [-0.15, -0.1) is 0 Å². The topological polar surface area (TPSA) is 72.2 Å². The monoisotopic (exact) mass is 234 g/mol. The summed E-state index contributed by atoms with van der Waals surface area (Å²) < 4.78 is 10.8. The highest BCUT2D eigenvalue weighted by Gasteiger charge is 2.08. The molecule has 0 aromatic rings. The molecule has 0 aromatic carbocycles. The Morgan fingerprint density at radius 1 is 1.40 bits per heavy atom. The van der Waals surface area contributed by atoms with Gasteiger partial charge in [0.15, 0.2) is 0 Å². The molecule has 0 heterocycles. The van der Waals surface area contributed by atoms with E-state index in [2.05, 4.69) is 5.32 Å². The van der Waals surface area contributed by atoms with Crippen LogP contribution < -0.4 is 11.1 Å². The third kappa shape index (κ3) is 9.87. The van der Waals surface area contributed by atoms with Crippen molar-refractivity contribution in [3.63, 3.8) is 0 Å². The SMILES string of the molecule is CC(N)CCC(=O)NC(C)CCS(C)=O. The number of rotatable bonds is 7. The molecule has 0 aromatic heterocycles. The van der Waals surface area contributed by atoms with Crippen molar-refractivity contribution in [1.29, 1.82) is 0 Å². The Morgan fingerprint density at radius 3 is 2.47 bits per heavy atom. The fraction of sp³-hybridized carbons (Fsp3) is 0.900. The molecule has 0 saturated carbocycles. The van der Waals surface area contributed by atoms with Crippen molar-refractivity contribution in [1.82, 2.24) is 5.32 Å². The van der Waals surface area contributed by atoms with E-state index in [1.807, 2.05) is 13.8 Å². The predicted octanol–water partition coefficient (Wildman–Crippen LogP) is 0.387. The third-order valence-electron chi connectivity index (χ3n) is 2.07. The van der Waals surface area contributed by atoms with E-state index >= 15 is 0 Å². The molecule has 3 N–H and O–H groups in total. The van der Waals surface area contributed by atoms with Gasteiger partial charge < -0.3 is 11.1 Å². The second kappa shape index (κ2) is 7.82. The molecule has 5 heteroatoms. The highest BCUT2D eigenvalue weighted by Crippen LogP contribution is 1.97. The Labute approximate surface area is 94.4 Å². The quantitative estimate of drug-likeness (QED) is 0.669. The Hall–Kier alpha value is -0.420. The number of nitrogens with two attached hydrogens (primary N) is 1. The van der Waals surface area contributed by atoms with E-state index in [1.54, 1.807) is 6.26 Å². The lowest BCUT2D eigenvalue weighted by Crippen LogP contribution is -2.34. The molecular formula is C10H22N2O2S. The molecule has 0 fully saturated rings. The first-order chi connectivity index (χ1) is 6.91. The molecule has 3 unspecified atom stereocenters. The first kappa shape index (κ1) is 14.6. The summed E-state index contributed by atoms with van der Waals surface area (Å²) in [7, 11) is -0.783. The van der Waals surface area contributed by atoms with Crippen LogP contribution in [-0.2, 0) is 15.6 Å². The maximum Gasteiger partial charge on any atom is 0.220 e. The molecule has 0 bridgehead atoms. The Morgan fingerprint density at radius 2 is 2.00 bits per heavy atom. The maximum absolute atomic E-state index is 11.4. The Bertz CT molecular complexity index is 219. The van der Waals surface area contributed by atoms with Crippen LogP contribution >= 0.6 is 0 Å². The summed E-state index contributed by atoms with van der Waals surface area (Å²) in [5.74, 6) is 0.663. The fourth-order valence-corrected chi connectivity index (χ4v) is 1.81. The van der Waals surface area contributed by atoms with Crippen LogP contribution in [0.25, 0.3) is 0 Å². The highest BCUT2D eigenvalue weighted by molar-refractivity contribution is 7.84. The van der Waals surface area contributed by atoms with Crippen LogP contribution in [0.1, 0.15) is 33.1 Å². The number of hydrogen-bond donors (Lipinski definition) is 2. The van der Waals surface area contributed by atoms with Gasteiger partial charge in [0.1, 0.15) is 0 Å². The van der Waals surface area contributed by atoms with Crippen LogP contribution in [-0.4, -0.2) is 34.2 Å². The van der Waals surface area contributed by atoms with Crippen LogP contribution in [0.4, 0.5) is 0 Å². The van der Waals surface area contributed by atoms with E-state index in [9.17, 15) is 9.00 Å². The average Bonchev–Trinajstić information content (AvgIpc) is 2.11. The molecule has 0 rings (SSSR count). The van der Waals surface area contributed by atoms with Crippen LogP contribution in [0, 0.1) is 0 Å². The molecule has 0 aliphatic carbocycles. The fourth-order valence-electron chi connectivity index (χ4n) is 1.12. The van der Waals surface area contributed by atoms with E-state index in [4.69, 9.17) is 5.73 Å². The molecule has 0 aliphatic rings. The summed E-state index contributed by atoms with van der Waals surface area (Å²) in [5, 5.41) is 2.86. The minimum absolute atomic E-state index is 0.0293. The average molecular weight is 234 g/mol. The lowest BCUT2D eigenvalue weighted by Gasteiger charge is -2.13. The van der Waals surface area contributed by atoms with Crippen molar-refractivity contribution in [2.75, 3.05) is 12.0 Å².